The minimum Gasteiger partial charge on any atom is -0.347 e. The van der Waals surface area contributed by atoms with Gasteiger partial charge in [-0.1, -0.05) is 31.4 Å². The maximum Gasteiger partial charge on any atom is 0.244 e. The van der Waals surface area contributed by atoms with Gasteiger partial charge in [-0.15, -0.1) is 0 Å². The maximum atomic E-state index is 12.1. The molecule has 0 aromatic heterocycles. The van der Waals surface area contributed by atoms with Gasteiger partial charge in [-0.2, -0.15) is 0 Å². The van der Waals surface area contributed by atoms with Crippen LogP contribution in [0, 0.1) is 5.92 Å². The summed E-state index contributed by atoms with van der Waals surface area (Å²) in [7, 11) is 1.55. The van der Waals surface area contributed by atoms with Crippen LogP contribution in [-0.2, 0) is 14.4 Å². The van der Waals surface area contributed by atoms with E-state index in [1.54, 1.807) is 13.1 Å². The second-order valence-electron chi connectivity index (χ2n) is 6.76. The maximum absolute atomic E-state index is 12.1. The fourth-order valence-corrected chi connectivity index (χ4v) is 3.47. The molecule has 0 aliphatic heterocycles. The summed E-state index contributed by atoms with van der Waals surface area (Å²) in [4.78, 5) is 37.5. The molecule has 0 radical (unpaired) electrons. The number of carbonyl (C=O) groups excluding carboxylic acids is 3. The van der Waals surface area contributed by atoms with Crippen molar-refractivity contribution in [3.63, 3.8) is 0 Å². The van der Waals surface area contributed by atoms with E-state index < -0.39 is 0 Å². The number of hydrogen-bond donors (Lipinski definition) is 2. The van der Waals surface area contributed by atoms with Crippen molar-refractivity contribution in [1.29, 1.82) is 0 Å². The molecule has 26 heavy (non-hydrogen) atoms. The fraction of sp³-hybridized carbons (Fsp3) is 0.526. The highest BCUT2D eigenvalue weighted by atomic mass is 79.9. The summed E-state index contributed by atoms with van der Waals surface area (Å²) in [5.41, 5.74) is 0.652. The highest BCUT2D eigenvalue weighted by Gasteiger charge is 2.18. The van der Waals surface area contributed by atoms with Gasteiger partial charge in [-0.05, 0) is 46.8 Å². The van der Waals surface area contributed by atoms with Gasteiger partial charge in [0.2, 0.25) is 17.7 Å². The van der Waals surface area contributed by atoms with E-state index >= 15 is 0 Å². The van der Waals surface area contributed by atoms with Gasteiger partial charge in [0, 0.05) is 17.9 Å². The SMILES string of the molecule is CN(CC(=O)Nc1ccccc1Br)C(=O)CNC(=O)CC1CCCCC1. The normalized spacial score (nSPS) is 14.5. The van der Waals surface area contributed by atoms with Gasteiger partial charge >= 0.3 is 0 Å². The Labute approximate surface area is 162 Å². The zero-order valence-electron chi connectivity index (χ0n) is 15.1. The van der Waals surface area contributed by atoms with Gasteiger partial charge in [0.05, 0.1) is 18.8 Å². The quantitative estimate of drug-likeness (QED) is 0.707. The summed E-state index contributed by atoms with van der Waals surface area (Å²) in [5, 5.41) is 5.42. The molecule has 1 aromatic carbocycles. The van der Waals surface area contributed by atoms with Crippen LogP contribution in [-0.4, -0.2) is 42.8 Å². The van der Waals surface area contributed by atoms with Crippen LogP contribution in [0.1, 0.15) is 38.5 Å². The van der Waals surface area contributed by atoms with Gasteiger partial charge in [0.1, 0.15) is 0 Å². The molecule has 1 aliphatic rings. The molecule has 2 rings (SSSR count). The zero-order valence-corrected chi connectivity index (χ0v) is 16.7. The number of halogens is 1. The van der Waals surface area contributed by atoms with E-state index in [0.717, 1.165) is 17.3 Å². The third-order valence-electron chi connectivity index (χ3n) is 4.59. The number of anilines is 1. The van der Waals surface area contributed by atoms with Gasteiger partial charge in [0.25, 0.3) is 0 Å². The average molecular weight is 424 g/mol. The predicted octanol–water partition coefficient (Wildman–Crippen LogP) is 2.93. The second-order valence-corrected chi connectivity index (χ2v) is 7.62. The first-order valence-corrected chi connectivity index (χ1v) is 9.80. The van der Waals surface area contributed by atoms with Crippen LogP contribution in [0.15, 0.2) is 28.7 Å². The third kappa shape index (κ3) is 6.78. The third-order valence-corrected chi connectivity index (χ3v) is 5.28. The van der Waals surface area contributed by atoms with E-state index in [1.165, 1.54) is 24.2 Å². The minimum atomic E-state index is -0.290. The number of carbonyl (C=O) groups is 3. The Morgan fingerprint density at radius 2 is 1.81 bits per heavy atom. The Kier molecular flexibility index (Phi) is 8.09. The molecular formula is C19H26BrN3O3. The van der Waals surface area contributed by atoms with Crippen LogP contribution in [0.3, 0.4) is 0 Å². The minimum absolute atomic E-state index is 0.0708. The van der Waals surface area contributed by atoms with Gasteiger partial charge < -0.3 is 15.5 Å². The molecule has 0 heterocycles. The summed E-state index contributed by atoms with van der Waals surface area (Å²) < 4.78 is 0.775. The Morgan fingerprint density at radius 3 is 2.50 bits per heavy atom. The molecule has 0 saturated heterocycles. The molecule has 6 nitrogen and oxygen atoms in total. The first-order chi connectivity index (χ1) is 12.5. The summed E-state index contributed by atoms with van der Waals surface area (Å²) in [6.07, 6.45) is 6.30. The first kappa shape index (κ1) is 20.4. The lowest BCUT2D eigenvalue weighted by Gasteiger charge is -2.21. The van der Waals surface area contributed by atoms with Gasteiger partial charge in [-0.3, -0.25) is 14.4 Å². The van der Waals surface area contributed by atoms with Crippen molar-refractivity contribution in [1.82, 2.24) is 10.2 Å². The van der Waals surface area contributed by atoms with Gasteiger partial charge in [0.15, 0.2) is 0 Å². The zero-order chi connectivity index (χ0) is 18.9. The molecule has 0 spiro atoms. The van der Waals surface area contributed by atoms with Crippen molar-refractivity contribution in [2.24, 2.45) is 5.92 Å². The lowest BCUT2D eigenvalue weighted by atomic mass is 9.87. The van der Waals surface area contributed by atoms with E-state index in [9.17, 15) is 14.4 Å². The van der Waals surface area contributed by atoms with Crippen LogP contribution in [0.2, 0.25) is 0 Å². The lowest BCUT2D eigenvalue weighted by molar-refractivity contribution is -0.134. The Bertz CT molecular complexity index is 645. The van der Waals surface area contributed by atoms with Crippen LogP contribution >= 0.6 is 15.9 Å². The second kappa shape index (κ2) is 10.3. The Balaban J connectivity index is 1.70. The number of hydrogen-bond acceptors (Lipinski definition) is 3. The average Bonchev–Trinajstić information content (AvgIpc) is 2.62. The number of nitrogens with zero attached hydrogens (tertiary/aromatic N) is 1. The molecule has 3 amide bonds. The summed E-state index contributed by atoms with van der Waals surface area (Å²) in [5.74, 6) is -0.228. The molecule has 142 valence electrons. The van der Waals surface area contributed by atoms with E-state index in [0.29, 0.717) is 18.0 Å². The predicted molar refractivity (Wildman–Crippen MR) is 105 cm³/mol. The standard InChI is InChI=1S/C19H26BrN3O3/c1-23(13-18(25)22-16-10-6-5-9-15(16)20)19(26)12-21-17(24)11-14-7-3-2-4-8-14/h5-6,9-10,14H,2-4,7-8,11-13H2,1H3,(H,21,24)(H,22,25). The van der Waals surface area contributed by atoms with E-state index in [-0.39, 0.29) is 30.8 Å². The molecule has 0 unspecified atom stereocenters. The van der Waals surface area contributed by atoms with Crippen molar-refractivity contribution in [3.05, 3.63) is 28.7 Å². The number of nitrogens with one attached hydrogen (secondary N) is 2. The molecule has 1 aliphatic carbocycles. The lowest BCUT2D eigenvalue weighted by Crippen LogP contribution is -2.41. The molecule has 1 fully saturated rings. The van der Waals surface area contributed by atoms with Crippen molar-refractivity contribution in [2.45, 2.75) is 38.5 Å². The van der Waals surface area contributed by atoms with E-state index in [4.69, 9.17) is 0 Å². The van der Waals surface area contributed by atoms with Crippen molar-refractivity contribution >= 4 is 39.3 Å². The molecule has 1 saturated carbocycles. The van der Waals surface area contributed by atoms with Crippen molar-refractivity contribution in [2.75, 3.05) is 25.5 Å². The number of para-hydroxylation sites is 1. The van der Waals surface area contributed by atoms with E-state index in [1.807, 2.05) is 18.2 Å². The monoisotopic (exact) mass is 423 g/mol. The van der Waals surface area contributed by atoms with Crippen LogP contribution in [0.4, 0.5) is 5.69 Å². The highest BCUT2D eigenvalue weighted by Crippen LogP contribution is 2.26. The highest BCUT2D eigenvalue weighted by molar-refractivity contribution is 9.10. The van der Waals surface area contributed by atoms with Crippen molar-refractivity contribution in [3.8, 4) is 0 Å². The Hall–Kier alpha value is -1.89. The first-order valence-electron chi connectivity index (χ1n) is 9.00. The molecule has 1 aromatic rings. The number of rotatable bonds is 7. The number of benzene rings is 1. The summed E-state index contributed by atoms with van der Waals surface area (Å²) >= 11 is 3.36. The molecular weight excluding hydrogens is 398 g/mol. The molecule has 7 heteroatoms. The summed E-state index contributed by atoms with van der Waals surface area (Å²) in [6, 6.07) is 7.27. The van der Waals surface area contributed by atoms with Crippen molar-refractivity contribution < 1.29 is 14.4 Å². The van der Waals surface area contributed by atoms with Crippen LogP contribution in [0.5, 0.6) is 0 Å². The summed E-state index contributed by atoms with van der Waals surface area (Å²) in [6.45, 7) is -0.150. The molecule has 0 bridgehead atoms. The molecule has 2 N–H and O–H groups in total. The number of amides is 3. The smallest absolute Gasteiger partial charge is 0.244 e. The van der Waals surface area contributed by atoms with E-state index in [2.05, 4.69) is 26.6 Å². The van der Waals surface area contributed by atoms with Gasteiger partial charge in [-0.25, -0.2) is 0 Å². The topological polar surface area (TPSA) is 78.5 Å². The largest absolute Gasteiger partial charge is 0.347 e. The van der Waals surface area contributed by atoms with Crippen LogP contribution in [0.25, 0.3) is 0 Å². The van der Waals surface area contributed by atoms with Crippen LogP contribution < -0.4 is 10.6 Å². The fourth-order valence-electron chi connectivity index (χ4n) is 3.09. The Morgan fingerprint density at radius 1 is 1.12 bits per heavy atom. The number of likely N-dealkylation sites (N-methyl/N-ethyl adjacent to an activating group) is 1. The molecule has 0 atom stereocenters.